The summed E-state index contributed by atoms with van der Waals surface area (Å²) in [4.78, 5) is 15.6. The molecule has 0 bridgehead atoms. The van der Waals surface area contributed by atoms with E-state index in [1.807, 2.05) is 0 Å². The molecule has 0 aromatic carbocycles. The quantitative estimate of drug-likeness (QED) is 0.481. The van der Waals surface area contributed by atoms with Crippen LogP contribution in [-0.4, -0.2) is 24.2 Å². The van der Waals surface area contributed by atoms with Crippen molar-refractivity contribution >= 4 is 17.6 Å². The van der Waals surface area contributed by atoms with E-state index in [2.05, 4.69) is 4.98 Å². The standard InChI is InChI=1S/C14H14ClNO4/c1-9-7-12(10(2)20-9)14(17)19-6-5-18-11-3-4-16-13(15)8-11/h3-4,7-8H,5-6H2,1-2H3. The summed E-state index contributed by atoms with van der Waals surface area (Å²) in [5.74, 6) is 1.39. The highest BCUT2D eigenvalue weighted by atomic mass is 35.5. The number of hydrogen-bond acceptors (Lipinski definition) is 5. The zero-order chi connectivity index (χ0) is 14.5. The first kappa shape index (κ1) is 14.4. The maximum atomic E-state index is 11.8. The molecule has 20 heavy (non-hydrogen) atoms. The third-order valence-electron chi connectivity index (χ3n) is 2.54. The van der Waals surface area contributed by atoms with Gasteiger partial charge in [-0.15, -0.1) is 0 Å². The average molecular weight is 296 g/mol. The van der Waals surface area contributed by atoms with Gasteiger partial charge in [0.15, 0.2) is 0 Å². The highest BCUT2D eigenvalue weighted by Crippen LogP contribution is 2.16. The van der Waals surface area contributed by atoms with E-state index in [9.17, 15) is 4.79 Å². The Morgan fingerprint density at radius 1 is 1.35 bits per heavy atom. The second-order valence-electron chi connectivity index (χ2n) is 4.13. The van der Waals surface area contributed by atoms with Crippen LogP contribution in [0.5, 0.6) is 5.75 Å². The number of hydrogen-bond donors (Lipinski definition) is 0. The van der Waals surface area contributed by atoms with Crippen LogP contribution < -0.4 is 4.74 Å². The van der Waals surface area contributed by atoms with Gasteiger partial charge < -0.3 is 13.9 Å². The third-order valence-corrected chi connectivity index (χ3v) is 2.75. The molecule has 0 aliphatic carbocycles. The van der Waals surface area contributed by atoms with E-state index in [1.54, 1.807) is 38.2 Å². The maximum absolute atomic E-state index is 11.8. The molecule has 0 saturated heterocycles. The van der Waals surface area contributed by atoms with E-state index in [0.717, 1.165) is 0 Å². The lowest BCUT2D eigenvalue weighted by Crippen LogP contribution is -2.12. The normalized spacial score (nSPS) is 10.3. The molecule has 2 aromatic heterocycles. The van der Waals surface area contributed by atoms with Gasteiger partial charge in [-0.3, -0.25) is 0 Å². The Kier molecular flexibility index (Phi) is 4.63. The Labute approximate surface area is 121 Å². The second-order valence-corrected chi connectivity index (χ2v) is 4.51. The summed E-state index contributed by atoms with van der Waals surface area (Å²) in [6, 6.07) is 4.92. The fourth-order valence-electron chi connectivity index (χ4n) is 1.68. The Morgan fingerprint density at radius 3 is 2.80 bits per heavy atom. The van der Waals surface area contributed by atoms with Crippen LogP contribution in [-0.2, 0) is 4.74 Å². The molecule has 0 saturated carbocycles. The molecule has 0 fully saturated rings. The summed E-state index contributed by atoms with van der Waals surface area (Å²) in [6.07, 6.45) is 1.54. The maximum Gasteiger partial charge on any atom is 0.341 e. The van der Waals surface area contributed by atoms with Crippen LogP contribution in [0.15, 0.2) is 28.8 Å². The van der Waals surface area contributed by atoms with Gasteiger partial charge in [0.05, 0.1) is 0 Å². The van der Waals surface area contributed by atoms with Gasteiger partial charge in [-0.05, 0) is 26.0 Å². The number of ether oxygens (including phenoxy) is 2. The molecule has 0 unspecified atom stereocenters. The summed E-state index contributed by atoms with van der Waals surface area (Å²) in [6.45, 7) is 3.88. The molecule has 0 radical (unpaired) electrons. The van der Waals surface area contributed by atoms with Gasteiger partial charge in [0.1, 0.15) is 41.2 Å². The molecular weight excluding hydrogens is 282 g/mol. The predicted molar refractivity (Wildman–Crippen MR) is 73.2 cm³/mol. The van der Waals surface area contributed by atoms with Gasteiger partial charge in [0.25, 0.3) is 0 Å². The monoisotopic (exact) mass is 295 g/mol. The molecule has 0 spiro atoms. The Hall–Kier alpha value is -2.01. The number of furan rings is 1. The first-order valence-corrected chi connectivity index (χ1v) is 6.42. The van der Waals surface area contributed by atoms with E-state index in [4.69, 9.17) is 25.5 Å². The van der Waals surface area contributed by atoms with E-state index in [0.29, 0.717) is 28.0 Å². The van der Waals surface area contributed by atoms with Crippen molar-refractivity contribution in [3.63, 3.8) is 0 Å². The summed E-state index contributed by atoms with van der Waals surface area (Å²) >= 11 is 5.72. The van der Waals surface area contributed by atoms with Crippen molar-refractivity contribution in [2.24, 2.45) is 0 Å². The third kappa shape index (κ3) is 3.74. The van der Waals surface area contributed by atoms with Crippen LogP contribution in [0.2, 0.25) is 5.15 Å². The van der Waals surface area contributed by atoms with Crippen molar-refractivity contribution in [1.82, 2.24) is 4.98 Å². The number of carbonyl (C=O) groups excluding carboxylic acids is 1. The first-order valence-electron chi connectivity index (χ1n) is 6.05. The number of aryl methyl sites for hydroxylation is 2. The molecule has 0 N–H and O–H groups in total. The fourth-order valence-corrected chi connectivity index (χ4v) is 1.84. The molecule has 2 heterocycles. The molecule has 0 aliphatic heterocycles. The number of halogens is 1. The van der Waals surface area contributed by atoms with Crippen LogP contribution in [0.1, 0.15) is 21.9 Å². The second kappa shape index (κ2) is 6.43. The number of carbonyl (C=O) groups is 1. The van der Waals surface area contributed by atoms with Crippen LogP contribution in [0.3, 0.4) is 0 Å². The Balaban J connectivity index is 1.79. The highest BCUT2D eigenvalue weighted by Gasteiger charge is 2.14. The molecule has 2 rings (SSSR count). The van der Waals surface area contributed by atoms with Crippen molar-refractivity contribution in [3.05, 3.63) is 46.6 Å². The lowest BCUT2D eigenvalue weighted by Gasteiger charge is -2.07. The minimum Gasteiger partial charge on any atom is -0.490 e. The van der Waals surface area contributed by atoms with Gasteiger partial charge in [-0.25, -0.2) is 9.78 Å². The number of rotatable bonds is 5. The number of aromatic nitrogens is 1. The zero-order valence-corrected chi connectivity index (χ0v) is 11.9. The van der Waals surface area contributed by atoms with Gasteiger partial charge in [-0.1, -0.05) is 11.6 Å². The van der Waals surface area contributed by atoms with Gasteiger partial charge in [-0.2, -0.15) is 0 Å². The van der Waals surface area contributed by atoms with Crippen molar-refractivity contribution in [2.75, 3.05) is 13.2 Å². The lowest BCUT2D eigenvalue weighted by atomic mass is 10.2. The van der Waals surface area contributed by atoms with E-state index < -0.39 is 5.97 Å². The molecule has 106 valence electrons. The van der Waals surface area contributed by atoms with Gasteiger partial charge in [0, 0.05) is 12.3 Å². The SMILES string of the molecule is Cc1cc(C(=O)OCCOc2ccnc(Cl)c2)c(C)o1. The summed E-state index contributed by atoms with van der Waals surface area (Å²) in [5.41, 5.74) is 0.439. The van der Waals surface area contributed by atoms with Crippen molar-refractivity contribution < 1.29 is 18.7 Å². The predicted octanol–water partition coefficient (Wildman–Crippen LogP) is 3.18. The Bertz CT molecular complexity index is 609. The molecular formula is C14H14ClNO4. The number of pyridine rings is 1. The van der Waals surface area contributed by atoms with Gasteiger partial charge in [0.2, 0.25) is 0 Å². The summed E-state index contributed by atoms with van der Waals surface area (Å²) < 4.78 is 15.8. The van der Waals surface area contributed by atoms with Crippen LogP contribution in [0.4, 0.5) is 0 Å². The number of esters is 1. The van der Waals surface area contributed by atoms with Crippen molar-refractivity contribution in [1.29, 1.82) is 0 Å². The van der Waals surface area contributed by atoms with E-state index >= 15 is 0 Å². The lowest BCUT2D eigenvalue weighted by molar-refractivity contribution is 0.0448. The molecule has 0 amide bonds. The van der Waals surface area contributed by atoms with Crippen molar-refractivity contribution in [2.45, 2.75) is 13.8 Å². The highest BCUT2D eigenvalue weighted by molar-refractivity contribution is 6.29. The minimum atomic E-state index is -0.421. The fraction of sp³-hybridized carbons (Fsp3) is 0.286. The van der Waals surface area contributed by atoms with Crippen molar-refractivity contribution in [3.8, 4) is 5.75 Å². The van der Waals surface area contributed by atoms with Crippen LogP contribution >= 0.6 is 11.6 Å². The number of nitrogens with zero attached hydrogens (tertiary/aromatic N) is 1. The Morgan fingerprint density at radius 2 is 2.15 bits per heavy atom. The molecule has 0 aliphatic rings. The van der Waals surface area contributed by atoms with Crippen LogP contribution in [0.25, 0.3) is 0 Å². The topological polar surface area (TPSA) is 61.6 Å². The smallest absolute Gasteiger partial charge is 0.341 e. The largest absolute Gasteiger partial charge is 0.490 e. The van der Waals surface area contributed by atoms with E-state index in [-0.39, 0.29) is 13.2 Å². The summed E-state index contributed by atoms with van der Waals surface area (Å²) in [7, 11) is 0. The first-order chi connectivity index (χ1) is 9.56. The average Bonchev–Trinajstić information content (AvgIpc) is 2.74. The minimum absolute atomic E-state index is 0.141. The van der Waals surface area contributed by atoms with E-state index in [1.165, 1.54) is 0 Å². The summed E-state index contributed by atoms with van der Waals surface area (Å²) in [5, 5.41) is 0.351. The molecule has 2 aromatic rings. The molecule has 0 atom stereocenters. The molecule has 5 nitrogen and oxygen atoms in total. The van der Waals surface area contributed by atoms with Crippen LogP contribution in [0, 0.1) is 13.8 Å². The molecule has 6 heteroatoms. The zero-order valence-electron chi connectivity index (χ0n) is 11.2. The van der Waals surface area contributed by atoms with Gasteiger partial charge >= 0.3 is 5.97 Å².